The van der Waals surface area contributed by atoms with Crippen LogP contribution in [-0.2, 0) is 6.42 Å². The fourth-order valence-electron chi connectivity index (χ4n) is 2.46. The van der Waals surface area contributed by atoms with E-state index in [4.69, 9.17) is 9.52 Å². The SMILES string of the molecule is Cc1[c]c(C)n(-c2cccc(Br)c2)c1-c1nnc(CCO)o1. The summed E-state index contributed by atoms with van der Waals surface area (Å²) in [6, 6.07) is 11.3. The molecule has 0 saturated carbocycles. The lowest BCUT2D eigenvalue weighted by molar-refractivity contribution is 0.285. The van der Waals surface area contributed by atoms with Crippen molar-refractivity contribution in [3.05, 3.63) is 52.0 Å². The zero-order chi connectivity index (χ0) is 15.7. The lowest BCUT2D eigenvalue weighted by atomic mass is 10.2. The van der Waals surface area contributed by atoms with E-state index in [0.717, 1.165) is 27.1 Å². The van der Waals surface area contributed by atoms with Crippen LogP contribution in [-0.4, -0.2) is 26.5 Å². The van der Waals surface area contributed by atoms with E-state index in [9.17, 15) is 0 Å². The van der Waals surface area contributed by atoms with Crippen molar-refractivity contribution in [3.8, 4) is 17.3 Å². The third kappa shape index (κ3) is 2.71. The predicted octanol–water partition coefficient (Wildman–Crippen LogP) is 3.24. The molecular weight excluding hydrogens is 346 g/mol. The van der Waals surface area contributed by atoms with Gasteiger partial charge in [-0.15, -0.1) is 10.2 Å². The largest absolute Gasteiger partial charge is 0.419 e. The second-order valence-corrected chi connectivity index (χ2v) is 5.89. The number of nitrogens with zero attached hydrogens (tertiary/aromatic N) is 3. The molecule has 0 bridgehead atoms. The van der Waals surface area contributed by atoms with Crippen LogP contribution < -0.4 is 0 Å². The van der Waals surface area contributed by atoms with Gasteiger partial charge in [-0.2, -0.15) is 0 Å². The molecule has 0 unspecified atom stereocenters. The van der Waals surface area contributed by atoms with Crippen molar-refractivity contribution in [1.82, 2.24) is 14.8 Å². The van der Waals surface area contributed by atoms with E-state index in [1.807, 2.05) is 42.7 Å². The maximum atomic E-state index is 8.98. The van der Waals surface area contributed by atoms with Crippen molar-refractivity contribution in [2.24, 2.45) is 0 Å². The molecule has 22 heavy (non-hydrogen) atoms. The maximum absolute atomic E-state index is 8.98. The van der Waals surface area contributed by atoms with E-state index in [-0.39, 0.29) is 6.61 Å². The zero-order valence-electron chi connectivity index (χ0n) is 12.3. The molecule has 0 amide bonds. The molecule has 0 atom stereocenters. The molecule has 0 aliphatic rings. The summed E-state index contributed by atoms with van der Waals surface area (Å²) in [5, 5.41) is 17.1. The molecule has 1 radical (unpaired) electrons. The van der Waals surface area contributed by atoms with E-state index < -0.39 is 0 Å². The Bertz CT molecular complexity index is 808. The van der Waals surface area contributed by atoms with Gasteiger partial charge in [0.1, 0.15) is 5.69 Å². The summed E-state index contributed by atoms with van der Waals surface area (Å²) in [7, 11) is 0. The van der Waals surface area contributed by atoms with E-state index in [1.165, 1.54) is 0 Å². The standard InChI is InChI=1S/C16H15BrN3O2/c1-10-8-11(2)20(13-5-3-4-12(17)9-13)15(10)16-19-18-14(22-16)6-7-21/h3-5,9,21H,6-7H2,1-2H3. The molecule has 5 nitrogen and oxygen atoms in total. The van der Waals surface area contributed by atoms with Crippen LogP contribution in [0.3, 0.4) is 0 Å². The zero-order valence-corrected chi connectivity index (χ0v) is 13.9. The van der Waals surface area contributed by atoms with Crippen molar-refractivity contribution in [2.75, 3.05) is 6.61 Å². The van der Waals surface area contributed by atoms with Crippen molar-refractivity contribution >= 4 is 15.9 Å². The normalized spacial score (nSPS) is 11.1. The highest BCUT2D eigenvalue weighted by Crippen LogP contribution is 2.30. The Hall–Kier alpha value is -1.92. The summed E-state index contributed by atoms with van der Waals surface area (Å²) >= 11 is 3.49. The number of hydrogen-bond donors (Lipinski definition) is 1. The molecule has 1 aromatic carbocycles. The highest BCUT2D eigenvalue weighted by molar-refractivity contribution is 9.10. The summed E-state index contributed by atoms with van der Waals surface area (Å²) < 4.78 is 8.69. The maximum Gasteiger partial charge on any atom is 0.264 e. The number of aryl methyl sites for hydroxylation is 2. The van der Waals surface area contributed by atoms with Gasteiger partial charge >= 0.3 is 0 Å². The van der Waals surface area contributed by atoms with Crippen molar-refractivity contribution < 1.29 is 9.52 Å². The van der Waals surface area contributed by atoms with Gasteiger partial charge in [0.15, 0.2) is 0 Å². The first kappa shape index (κ1) is 15.0. The van der Waals surface area contributed by atoms with Gasteiger partial charge in [0.25, 0.3) is 5.89 Å². The molecule has 6 heteroatoms. The van der Waals surface area contributed by atoms with Crippen LogP contribution in [0.5, 0.6) is 0 Å². The first-order valence-corrected chi connectivity index (χ1v) is 7.70. The minimum atomic E-state index is -0.0155. The lowest BCUT2D eigenvalue weighted by Crippen LogP contribution is -1.99. The number of aliphatic hydroxyl groups excluding tert-OH is 1. The van der Waals surface area contributed by atoms with E-state index in [0.29, 0.717) is 18.2 Å². The first-order chi connectivity index (χ1) is 10.6. The molecule has 2 aromatic heterocycles. The van der Waals surface area contributed by atoms with Gasteiger partial charge in [-0.25, -0.2) is 0 Å². The monoisotopic (exact) mass is 360 g/mol. The number of benzene rings is 1. The first-order valence-electron chi connectivity index (χ1n) is 6.91. The average Bonchev–Trinajstić information content (AvgIpc) is 3.03. The Morgan fingerprint density at radius 3 is 2.86 bits per heavy atom. The van der Waals surface area contributed by atoms with Gasteiger partial charge in [0.05, 0.1) is 6.61 Å². The second-order valence-electron chi connectivity index (χ2n) is 4.97. The van der Waals surface area contributed by atoms with Crippen LogP contribution in [0.25, 0.3) is 17.3 Å². The van der Waals surface area contributed by atoms with Crippen LogP contribution in [0.2, 0.25) is 0 Å². The van der Waals surface area contributed by atoms with E-state index >= 15 is 0 Å². The van der Waals surface area contributed by atoms with Gasteiger partial charge in [0, 0.05) is 28.3 Å². The van der Waals surface area contributed by atoms with Gasteiger partial charge in [-0.1, -0.05) is 22.0 Å². The Balaban J connectivity index is 2.15. The molecule has 0 spiro atoms. The lowest BCUT2D eigenvalue weighted by Gasteiger charge is -2.10. The van der Waals surface area contributed by atoms with Gasteiger partial charge in [-0.3, -0.25) is 0 Å². The molecule has 2 heterocycles. The van der Waals surface area contributed by atoms with E-state index in [2.05, 4.69) is 32.2 Å². The Labute approximate surface area is 136 Å². The van der Waals surface area contributed by atoms with Crippen LogP contribution in [0.4, 0.5) is 0 Å². The molecular formula is C16H15BrN3O2. The smallest absolute Gasteiger partial charge is 0.264 e. The molecule has 0 aliphatic carbocycles. The molecule has 3 rings (SSSR count). The number of rotatable bonds is 4. The summed E-state index contributed by atoms with van der Waals surface area (Å²) in [5.41, 5.74) is 3.73. The second kappa shape index (κ2) is 6.06. The van der Waals surface area contributed by atoms with Crippen LogP contribution in [0.1, 0.15) is 17.1 Å². The number of aliphatic hydroxyl groups is 1. The Morgan fingerprint density at radius 2 is 2.14 bits per heavy atom. The Morgan fingerprint density at radius 1 is 1.32 bits per heavy atom. The van der Waals surface area contributed by atoms with Crippen molar-refractivity contribution in [2.45, 2.75) is 20.3 Å². The minimum Gasteiger partial charge on any atom is -0.419 e. The van der Waals surface area contributed by atoms with Crippen molar-refractivity contribution in [1.29, 1.82) is 0 Å². The van der Waals surface area contributed by atoms with E-state index in [1.54, 1.807) is 0 Å². The fourth-order valence-corrected chi connectivity index (χ4v) is 2.85. The quantitative estimate of drug-likeness (QED) is 0.775. The molecule has 0 saturated heterocycles. The van der Waals surface area contributed by atoms with Gasteiger partial charge < -0.3 is 14.1 Å². The number of halogens is 1. The number of hydrogen-bond acceptors (Lipinski definition) is 4. The van der Waals surface area contributed by atoms with Crippen LogP contribution >= 0.6 is 15.9 Å². The summed E-state index contributed by atoms with van der Waals surface area (Å²) in [5.74, 6) is 0.863. The summed E-state index contributed by atoms with van der Waals surface area (Å²) in [6.07, 6.45) is 0.354. The van der Waals surface area contributed by atoms with Gasteiger partial charge in [0.2, 0.25) is 5.89 Å². The van der Waals surface area contributed by atoms with Gasteiger partial charge in [-0.05, 0) is 37.6 Å². The van der Waals surface area contributed by atoms with Crippen molar-refractivity contribution in [3.63, 3.8) is 0 Å². The molecule has 113 valence electrons. The van der Waals surface area contributed by atoms with Crippen LogP contribution in [0.15, 0.2) is 33.2 Å². The highest BCUT2D eigenvalue weighted by atomic mass is 79.9. The minimum absolute atomic E-state index is 0.0155. The summed E-state index contributed by atoms with van der Waals surface area (Å²) in [6.45, 7) is 3.94. The third-order valence-corrected chi connectivity index (χ3v) is 3.84. The molecule has 3 aromatic rings. The third-order valence-electron chi connectivity index (χ3n) is 3.34. The fraction of sp³-hybridized carbons (Fsp3) is 0.250. The predicted molar refractivity (Wildman–Crippen MR) is 85.9 cm³/mol. The van der Waals surface area contributed by atoms with Crippen LogP contribution in [0, 0.1) is 19.9 Å². The molecule has 0 fully saturated rings. The summed E-state index contributed by atoms with van der Waals surface area (Å²) in [4.78, 5) is 0. The highest BCUT2D eigenvalue weighted by Gasteiger charge is 2.19. The topological polar surface area (TPSA) is 64.1 Å². The average molecular weight is 361 g/mol. The Kier molecular flexibility index (Phi) is 4.13. The number of aromatic nitrogens is 3. The molecule has 0 aliphatic heterocycles. The molecule has 1 N–H and O–H groups in total.